The first-order valence-electron chi connectivity index (χ1n) is 8.82. The Morgan fingerprint density at radius 2 is 1.61 bits per heavy atom. The van der Waals surface area contributed by atoms with Crippen molar-refractivity contribution >= 4 is 11.6 Å². The number of aromatic hydroxyl groups is 1. The molecule has 1 amide bonds. The van der Waals surface area contributed by atoms with E-state index in [1.807, 2.05) is 6.92 Å². The summed E-state index contributed by atoms with van der Waals surface area (Å²) in [5.74, 6) is 0.204. The highest BCUT2D eigenvalue weighted by molar-refractivity contribution is 6.00. The molecular weight excluding hydrogens is 288 g/mol. The summed E-state index contributed by atoms with van der Waals surface area (Å²) in [7, 11) is 0. The minimum absolute atomic E-state index is 0.0247. The van der Waals surface area contributed by atoms with Gasteiger partial charge in [-0.1, -0.05) is 52.4 Å². The Hall–Kier alpha value is -1.84. The highest BCUT2D eigenvalue weighted by Crippen LogP contribution is 2.12. The largest absolute Gasteiger partial charge is 0.508 e. The van der Waals surface area contributed by atoms with Crippen molar-refractivity contribution in [3.63, 3.8) is 0 Å². The Balaban J connectivity index is 2.28. The summed E-state index contributed by atoms with van der Waals surface area (Å²) in [6, 6.07) is 6.86. The maximum Gasteiger partial charge on any atom is 0.240 e. The monoisotopic (exact) mass is 318 g/mol. The molecule has 4 nitrogen and oxygen atoms in total. The Morgan fingerprint density at radius 3 is 2.22 bits per heavy atom. The van der Waals surface area contributed by atoms with Crippen LogP contribution < -0.4 is 5.43 Å². The van der Waals surface area contributed by atoms with Crippen LogP contribution in [0.1, 0.15) is 77.2 Å². The molecule has 0 heterocycles. The summed E-state index contributed by atoms with van der Waals surface area (Å²) in [6.45, 7) is 4.21. The van der Waals surface area contributed by atoms with E-state index in [0.29, 0.717) is 6.42 Å². The van der Waals surface area contributed by atoms with E-state index in [1.54, 1.807) is 24.3 Å². The van der Waals surface area contributed by atoms with Gasteiger partial charge in [0.25, 0.3) is 0 Å². The van der Waals surface area contributed by atoms with Gasteiger partial charge in [-0.15, -0.1) is 0 Å². The van der Waals surface area contributed by atoms with Gasteiger partial charge in [-0.25, -0.2) is 5.43 Å². The predicted octanol–water partition coefficient (Wildman–Crippen LogP) is 4.76. The van der Waals surface area contributed by atoms with Gasteiger partial charge in [-0.3, -0.25) is 4.79 Å². The zero-order valence-corrected chi connectivity index (χ0v) is 14.5. The zero-order valence-electron chi connectivity index (χ0n) is 14.5. The average molecular weight is 318 g/mol. The van der Waals surface area contributed by atoms with Crippen molar-refractivity contribution in [2.24, 2.45) is 5.10 Å². The molecule has 0 spiro atoms. The van der Waals surface area contributed by atoms with E-state index in [9.17, 15) is 9.90 Å². The Kier molecular flexibility index (Phi) is 9.76. The molecule has 0 bridgehead atoms. The van der Waals surface area contributed by atoms with Gasteiger partial charge in [-0.2, -0.15) is 5.10 Å². The van der Waals surface area contributed by atoms with Crippen LogP contribution in [0.3, 0.4) is 0 Å². The highest BCUT2D eigenvalue weighted by atomic mass is 16.3. The summed E-state index contributed by atoms with van der Waals surface area (Å²) in [6.07, 6.45) is 9.66. The number of phenolic OH excluding ortho intramolecular Hbond substituents is 1. The van der Waals surface area contributed by atoms with Crippen LogP contribution >= 0.6 is 0 Å². The molecule has 1 rings (SSSR count). The summed E-state index contributed by atoms with van der Waals surface area (Å²) in [4.78, 5) is 11.8. The van der Waals surface area contributed by atoms with Crippen molar-refractivity contribution < 1.29 is 9.90 Å². The van der Waals surface area contributed by atoms with Crippen LogP contribution in [-0.4, -0.2) is 16.7 Å². The standard InChI is InChI=1S/C19H30N2O2/c1-3-5-6-7-8-9-10-11-19(23)21-20-18(4-2)16-12-14-17(22)15-13-16/h12-15,22H,3-11H2,1-2H3,(H,21,23). The molecule has 2 N–H and O–H groups in total. The molecule has 0 aliphatic heterocycles. The normalized spacial score (nSPS) is 11.5. The Morgan fingerprint density at radius 1 is 1.00 bits per heavy atom. The Bertz CT molecular complexity index is 481. The van der Waals surface area contributed by atoms with Crippen molar-refractivity contribution in [1.82, 2.24) is 5.43 Å². The van der Waals surface area contributed by atoms with Crippen molar-refractivity contribution in [2.45, 2.75) is 71.6 Å². The second kappa shape index (κ2) is 11.7. The average Bonchev–Trinajstić information content (AvgIpc) is 2.56. The first-order valence-corrected chi connectivity index (χ1v) is 8.82. The number of hydrogen-bond donors (Lipinski definition) is 2. The molecule has 1 aromatic carbocycles. The van der Waals surface area contributed by atoms with Crippen LogP contribution in [0.4, 0.5) is 0 Å². The molecule has 0 saturated heterocycles. The van der Waals surface area contributed by atoms with Gasteiger partial charge in [0, 0.05) is 6.42 Å². The lowest BCUT2D eigenvalue weighted by Crippen LogP contribution is -2.19. The van der Waals surface area contributed by atoms with E-state index < -0.39 is 0 Å². The van der Waals surface area contributed by atoms with Crippen LogP contribution in [0.25, 0.3) is 0 Å². The van der Waals surface area contributed by atoms with Crippen LogP contribution in [0.2, 0.25) is 0 Å². The van der Waals surface area contributed by atoms with Gasteiger partial charge in [-0.05, 0) is 42.7 Å². The number of nitrogens with zero attached hydrogens (tertiary/aromatic N) is 1. The first-order chi connectivity index (χ1) is 11.2. The summed E-state index contributed by atoms with van der Waals surface area (Å²) >= 11 is 0. The molecule has 23 heavy (non-hydrogen) atoms. The molecule has 4 heteroatoms. The summed E-state index contributed by atoms with van der Waals surface area (Å²) in [5, 5.41) is 13.5. The number of unbranched alkanes of at least 4 members (excludes halogenated alkanes) is 6. The lowest BCUT2D eigenvalue weighted by molar-refractivity contribution is -0.121. The zero-order chi connectivity index (χ0) is 16.9. The number of carbonyl (C=O) groups is 1. The number of hydrazone groups is 1. The maximum atomic E-state index is 11.8. The smallest absolute Gasteiger partial charge is 0.240 e. The van der Waals surface area contributed by atoms with Crippen LogP contribution in [0, 0.1) is 0 Å². The molecule has 1 aromatic rings. The minimum atomic E-state index is -0.0247. The fraction of sp³-hybridized carbons (Fsp3) is 0.579. The van der Waals surface area contributed by atoms with Gasteiger partial charge >= 0.3 is 0 Å². The fourth-order valence-corrected chi connectivity index (χ4v) is 2.43. The second-order valence-corrected chi connectivity index (χ2v) is 5.87. The van der Waals surface area contributed by atoms with Crippen LogP contribution in [0.5, 0.6) is 5.75 Å². The van der Waals surface area contributed by atoms with Crippen molar-refractivity contribution in [3.05, 3.63) is 29.8 Å². The number of rotatable bonds is 11. The molecule has 0 saturated carbocycles. The van der Waals surface area contributed by atoms with Crippen molar-refractivity contribution in [2.75, 3.05) is 0 Å². The molecule has 0 fully saturated rings. The van der Waals surface area contributed by atoms with Crippen LogP contribution in [0.15, 0.2) is 29.4 Å². The van der Waals surface area contributed by atoms with E-state index in [2.05, 4.69) is 17.5 Å². The van der Waals surface area contributed by atoms with E-state index >= 15 is 0 Å². The van der Waals surface area contributed by atoms with E-state index in [-0.39, 0.29) is 11.7 Å². The molecule has 0 atom stereocenters. The maximum absolute atomic E-state index is 11.8. The number of carbonyl (C=O) groups excluding carboxylic acids is 1. The SMILES string of the molecule is CCCCCCCCCC(=O)NN=C(CC)c1ccc(O)cc1. The molecule has 128 valence electrons. The molecule has 0 unspecified atom stereocenters. The lowest BCUT2D eigenvalue weighted by atomic mass is 10.1. The van der Waals surface area contributed by atoms with Crippen LogP contribution in [-0.2, 0) is 4.79 Å². The summed E-state index contributed by atoms with van der Waals surface area (Å²) in [5.41, 5.74) is 4.38. The molecule has 0 aliphatic rings. The minimum Gasteiger partial charge on any atom is -0.508 e. The number of phenols is 1. The van der Waals surface area contributed by atoms with Gasteiger partial charge < -0.3 is 5.11 Å². The molecular formula is C19H30N2O2. The second-order valence-electron chi connectivity index (χ2n) is 5.87. The first kappa shape index (κ1) is 19.2. The fourth-order valence-electron chi connectivity index (χ4n) is 2.43. The number of amides is 1. The van der Waals surface area contributed by atoms with E-state index in [0.717, 1.165) is 30.5 Å². The van der Waals surface area contributed by atoms with Gasteiger partial charge in [0.1, 0.15) is 5.75 Å². The third-order valence-corrected chi connectivity index (χ3v) is 3.86. The lowest BCUT2D eigenvalue weighted by Gasteiger charge is -2.06. The number of benzene rings is 1. The highest BCUT2D eigenvalue weighted by Gasteiger charge is 2.04. The van der Waals surface area contributed by atoms with Crippen molar-refractivity contribution in [3.8, 4) is 5.75 Å². The molecule has 0 aromatic heterocycles. The predicted molar refractivity (Wildman–Crippen MR) is 95.7 cm³/mol. The molecule has 0 radical (unpaired) electrons. The van der Waals surface area contributed by atoms with Gasteiger partial charge in [0.05, 0.1) is 5.71 Å². The van der Waals surface area contributed by atoms with E-state index in [4.69, 9.17) is 0 Å². The molecule has 0 aliphatic carbocycles. The topological polar surface area (TPSA) is 61.7 Å². The number of hydrogen-bond acceptors (Lipinski definition) is 3. The Labute approximate surface area is 140 Å². The van der Waals surface area contributed by atoms with E-state index in [1.165, 1.54) is 32.1 Å². The van der Waals surface area contributed by atoms with Gasteiger partial charge in [0.2, 0.25) is 5.91 Å². The number of nitrogens with one attached hydrogen (secondary N) is 1. The van der Waals surface area contributed by atoms with Gasteiger partial charge in [0.15, 0.2) is 0 Å². The summed E-state index contributed by atoms with van der Waals surface area (Å²) < 4.78 is 0. The third kappa shape index (κ3) is 8.38. The van der Waals surface area contributed by atoms with Crippen molar-refractivity contribution in [1.29, 1.82) is 0 Å². The quantitative estimate of drug-likeness (QED) is 0.351. The third-order valence-electron chi connectivity index (χ3n) is 3.86.